The first-order chi connectivity index (χ1) is 14.4. The first-order valence-corrected chi connectivity index (χ1v) is 12.8. The van der Waals surface area contributed by atoms with E-state index in [0.717, 1.165) is 64.6 Å². The van der Waals surface area contributed by atoms with Gasteiger partial charge in [-0.2, -0.15) is 0 Å². The van der Waals surface area contributed by atoms with E-state index in [2.05, 4.69) is 30.1 Å². The molecule has 1 aromatic heterocycles. The number of hydrogen-bond donors (Lipinski definition) is 2. The maximum Gasteiger partial charge on any atom is 0.252 e. The summed E-state index contributed by atoms with van der Waals surface area (Å²) in [6.45, 7) is 7.67. The van der Waals surface area contributed by atoms with Crippen molar-refractivity contribution in [3.63, 3.8) is 0 Å². The summed E-state index contributed by atoms with van der Waals surface area (Å²) in [7, 11) is 0. The molecule has 166 valence electrons. The second kappa shape index (κ2) is 7.88. The maximum absolute atomic E-state index is 12.2. The smallest absolute Gasteiger partial charge is 0.252 e. The Morgan fingerprint density at radius 3 is 2.83 bits per heavy atom. The average molecular weight is 433 g/mol. The van der Waals surface area contributed by atoms with Gasteiger partial charge in [-0.3, -0.25) is 4.79 Å². The van der Waals surface area contributed by atoms with Crippen LogP contribution in [0.3, 0.4) is 0 Å². The molecule has 5 rings (SSSR count). The summed E-state index contributed by atoms with van der Waals surface area (Å²) < 4.78 is 6.47. The van der Waals surface area contributed by atoms with Gasteiger partial charge in [0.05, 0.1) is 12.2 Å². The van der Waals surface area contributed by atoms with Gasteiger partial charge < -0.3 is 20.1 Å². The summed E-state index contributed by atoms with van der Waals surface area (Å²) in [6, 6.07) is 3.19. The van der Waals surface area contributed by atoms with Crippen LogP contribution < -0.4 is 5.32 Å². The molecule has 3 fully saturated rings. The minimum atomic E-state index is -1.07. The van der Waals surface area contributed by atoms with Crippen molar-refractivity contribution < 1.29 is 14.6 Å². The summed E-state index contributed by atoms with van der Waals surface area (Å²) in [5.41, 5.74) is 0.350. The van der Waals surface area contributed by atoms with Crippen LogP contribution >= 0.6 is 11.3 Å². The lowest BCUT2D eigenvalue weighted by atomic mass is 9.75. The highest BCUT2D eigenvalue weighted by atomic mass is 32.1. The zero-order chi connectivity index (χ0) is 20.9. The fourth-order valence-corrected chi connectivity index (χ4v) is 7.12. The van der Waals surface area contributed by atoms with Gasteiger partial charge in [-0.1, -0.05) is 6.92 Å². The third kappa shape index (κ3) is 3.64. The van der Waals surface area contributed by atoms with E-state index in [0.29, 0.717) is 24.8 Å². The fraction of sp³-hybridized carbons (Fsp3) is 0.792. The summed E-state index contributed by atoms with van der Waals surface area (Å²) in [5, 5.41) is 13.3. The van der Waals surface area contributed by atoms with Crippen molar-refractivity contribution in [3.8, 4) is 0 Å². The number of aryl methyl sites for hydroxylation is 1. The van der Waals surface area contributed by atoms with Crippen LogP contribution in [0.4, 0.5) is 0 Å². The highest BCUT2D eigenvalue weighted by molar-refractivity contribution is 7.12. The van der Waals surface area contributed by atoms with Crippen molar-refractivity contribution in [1.29, 1.82) is 0 Å². The van der Waals surface area contributed by atoms with Crippen LogP contribution in [-0.4, -0.2) is 53.3 Å². The lowest BCUT2D eigenvalue weighted by Crippen LogP contribution is -2.58. The molecule has 0 aromatic carbocycles. The van der Waals surface area contributed by atoms with Gasteiger partial charge in [0.25, 0.3) is 5.91 Å². The number of hydrogen-bond acceptors (Lipinski definition) is 5. The Bertz CT molecular complexity index is 798. The minimum Gasteiger partial charge on any atom is -0.380 e. The van der Waals surface area contributed by atoms with Gasteiger partial charge in [-0.05, 0) is 75.8 Å². The van der Waals surface area contributed by atoms with Crippen molar-refractivity contribution in [2.24, 2.45) is 5.92 Å². The summed E-state index contributed by atoms with van der Waals surface area (Å²) >= 11 is 1.99. The third-order valence-corrected chi connectivity index (χ3v) is 9.46. The van der Waals surface area contributed by atoms with E-state index in [9.17, 15) is 9.90 Å². The molecule has 4 aliphatic rings. The number of likely N-dealkylation sites (tertiary alicyclic amines) is 1. The van der Waals surface area contributed by atoms with E-state index < -0.39 is 5.60 Å². The minimum absolute atomic E-state index is 0.0677. The van der Waals surface area contributed by atoms with E-state index in [4.69, 9.17) is 4.74 Å². The van der Waals surface area contributed by atoms with E-state index in [-0.39, 0.29) is 17.6 Å². The number of ether oxygens (including phenoxy) is 1. The number of rotatable bonds is 5. The van der Waals surface area contributed by atoms with Gasteiger partial charge >= 0.3 is 0 Å². The van der Waals surface area contributed by atoms with E-state index in [1.165, 1.54) is 10.4 Å². The van der Waals surface area contributed by atoms with Crippen molar-refractivity contribution in [2.45, 2.75) is 94.9 Å². The Kier molecular flexibility index (Phi) is 5.49. The molecular formula is C24H36N2O3S. The molecule has 2 aliphatic carbocycles. The average Bonchev–Trinajstić information content (AvgIpc) is 3.11. The quantitative estimate of drug-likeness (QED) is 0.749. The number of carbonyl (C=O) groups is 1. The number of fused-ring (bicyclic) bond motifs is 2. The Morgan fingerprint density at radius 1 is 1.37 bits per heavy atom. The Hall–Kier alpha value is -0.950. The van der Waals surface area contributed by atoms with Gasteiger partial charge in [0.2, 0.25) is 0 Å². The Labute approximate surface area is 184 Å². The molecule has 1 amide bonds. The molecule has 0 bridgehead atoms. The maximum atomic E-state index is 12.2. The molecule has 2 aliphatic heterocycles. The van der Waals surface area contributed by atoms with E-state index in [1.54, 1.807) is 4.88 Å². The van der Waals surface area contributed by atoms with Gasteiger partial charge in [0.1, 0.15) is 5.60 Å². The molecule has 0 unspecified atom stereocenters. The first-order valence-electron chi connectivity index (χ1n) is 11.9. The van der Waals surface area contributed by atoms with Gasteiger partial charge in [0.15, 0.2) is 0 Å². The lowest BCUT2D eigenvalue weighted by Gasteiger charge is -2.49. The van der Waals surface area contributed by atoms with E-state index >= 15 is 0 Å². The highest BCUT2D eigenvalue weighted by Gasteiger charge is 2.46. The van der Waals surface area contributed by atoms with Crippen molar-refractivity contribution in [3.05, 3.63) is 21.4 Å². The van der Waals surface area contributed by atoms with Gasteiger partial charge in [0, 0.05) is 41.3 Å². The van der Waals surface area contributed by atoms with Crippen LogP contribution in [0, 0.1) is 5.92 Å². The van der Waals surface area contributed by atoms with Crippen LogP contribution in [0.15, 0.2) is 6.07 Å². The van der Waals surface area contributed by atoms with Crippen molar-refractivity contribution >= 4 is 17.2 Å². The molecule has 1 saturated heterocycles. The molecule has 5 nitrogen and oxygen atoms in total. The monoisotopic (exact) mass is 432 g/mol. The second-order valence-electron chi connectivity index (χ2n) is 10.2. The number of nitrogens with one attached hydrogen (secondary N) is 1. The number of aliphatic hydroxyl groups is 1. The van der Waals surface area contributed by atoms with Crippen LogP contribution in [-0.2, 0) is 28.0 Å². The van der Waals surface area contributed by atoms with Gasteiger partial charge in [-0.25, -0.2) is 0 Å². The zero-order valence-electron chi connectivity index (χ0n) is 18.4. The zero-order valence-corrected chi connectivity index (χ0v) is 19.2. The number of nitrogens with zero attached hydrogens (tertiary/aromatic N) is 1. The summed E-state index contributed by atoms with van der Waals surface area (Å²) in [6.07, 6.45) is 8.65. The number of piperidine rings is 1. The lowest BCUT2D eigenvalue weighted by molar-refractivity contribution is -0.150. The molecule has 1 spiro atoms. The number of amides is 1. The van der Waals surface area contributed by atoms with Crippen LogP contribution in [0.25, 0.3) is 0 Å². The Morgan fingerprint density at radius 2 is 2.17 bits per heavy atom. The normalized spacial score (nSPS) is 35.4. The topological polar surface area (TPSA) is 61.8 Å². The van der Waals surface area contributed by atoms with Crippen molar-refractivity contribution in [1.82, 2.24) is 10.2 Å². The SMILES string of the molecule is CCc1cc2c(s1)CCO[C@@]21CCN(C[C@H]2C[C@@H](NC(=O)C3(O)CCC3)C2)[C@@H](C)C1. The predicted octanol–water partition coefficient (Wildman–Crippen LogP) is 3.37. The molecule has 2 atom stereocenters. The van der Waals surface area contributed by atoms with Gasteiger partial charge in [-0.15, -0.1) is 11.3 Å². The highest BCUT2D eigenvalue weighted by Crippen LogP contribution is 2.46. The first kappa shape index (κ1) is 20.9. The predicted molar refractivity (Wildman–Crippen MR) is 119 cm³/mol. The summed E-state index contributed by atoms with van der Waals surface area (Å²) in [5.74, 6) is 0.511. The summed E-state index contributed by atoms with van der Waals surface area (Å²) in [4.78, 5) is 17.9. The van der Waals surface area contributed by atoms with Crippen LogP contribution in [0.1, 0.15) is 74.1 Å². The molecule has 2 saturated carbocycles. The Balaban J connectivity index is 1.14. The number of thiophene rings is 1. The standard InChI is InChI=1S/C24H36N2O3S/c1-3-19-13-20-21(30-19)5-10-29-24(20)8-9-26(16(2)14-24)15-17-11-18(12-17)25-22(27)23(28)6-4-7-23/h13,16-18,28H,3-12,14-15H2,1-2H3,(H,25,27)/t16-,17-,18+,24+/m0/s1. The number of carbonyl (C=O) groups excluding carboxylic acids is 1. The molecule has 3 heterocycles. The largest absolute Gasteiger partial charge is 0.380 e. The van der Waals surface area contributed by atoms with Crippen molar-refractivity contribution in [2.75, 3.05) is 19.7 Å². The fourth-order valence-electron chi connectivity index (χ4n) is 5.94. The molecular weight excluding hydrogens is 396 g/mol. The van der Waals surface area contributed by atoms with Crippen LogP contribution in [0.5, 0.6) is 0 Å². The second-order valence-corrected chi connectivity index (χ2v) is 11.4. The third-order valence-electron chi connectivity index (χ3n) is 8.13. The molecule has 30 heavy (non-hydrogen) atoms. The molecule has 2 N–H and O–H groups in total. The van der Waals surface area contributed by atoms with E-state index in [1.807, 2.05) is 11.3 Å². The molecule has 6 heteroatoms. The molecule has 0 radical (unpaired) electrons. The molecule has 1 aromatic rings. The van der Waals surface area contributed by atoms with Crippen LogP contribution in [0.2, 0.25) is 0 Å².